The van der Waals surface area contributed by atoms with E-state index in [4.69, 9.17) is 21.7 Å². The monoisotopic (exact) mass is 594 g/mol. The highest BCUT2D eigenvalue weighted by molar-refractivity contribution is 7.92. The van der Waals surface area contributed by atoms with Gasteiger partial charge in [0, 0.05) is 60.8 Å². The van der Waals surface area contributed by atoms with Crippen LogP contribution in [0.2, 0.25) is 5.02 Å². The second-order valence-corrected chi connectivity index (χ2v) is 12.9. The van der Waals surface area contributed by atoms with Crippen LogP contribution < -0.4 is 9.62 Å². The highest BCUT2D eigenvalue weighted by atomic mass is 35.5. The van der Waals surface area contributed by atoms with Crippen molar-refractivity contribution >= 4 is 44.7 Å². The highest BCUT2D eigenvalue weighted by Gasteiger charge is 2.33. The first-order chi connectivity index (χ1) is 19.7. The molecule has 11 nitrogen and oxygen atoms in total. The normalized spacial score (nSPS) is 19.6. The Bertz CT molecular complexity index is 1710. The minimum absolute atomic E-state index is 0.202. The number of sulfonamides is 1. The third kappa shape index (κ3) is 5.71. The number of carbonyl (C=O) groups is 1. The number of hydrogen-bond acceptors (Lipinski definition) is 8. The van der Waals surface area contributed by atoms with E-state index in [1.165, 1.54) is 12.1 Å². The third-order valence-electron chi connectivity index (χ3n) is 7.68. The summed E-state index contributed by atoms with van der Waals surface area (Å²) < 4.78 is 28.2. The summed E-state index contributed by atoms with van der Waals surface area (Å²) in [4.78, 5) is 31.8. The van der Waals surface area contributed by atoms with Gasteiger partial charge in [-0.1, -0.05) is 11.6 Å². The Morgan fingerprint density at radius 3 is 2.68 bits per heavy atom. The number of amides is 1. The lowest BCUT2D eigenvalue weighted by atomic mass is 9.98. The Labute approximate surface area is 243 Å². The number of hydrogen-bond donors (Lipinski definition) is 1. The molecule has 1 amide bonds. The van der Waals surface area contributed by atoms with Crippen molar-refractivity contribution in [2.45, 2.75) is 44.6 Å². The average molecular weight is 595 g/mol. The van der Waals surface area contributed by atoms with Crippen molar-refractivity contribution < 1.29 is 13.2 Å². The quantitative estimate of drug-likeness (QED) is 0.352. The molecule has 6 rings (SSSR count). The van der Waals surface area contributed by atoms with E-state index in [0.717, 1.165) is 67.9 Å². The van der Waals surface area contributed by atoms with Gasteiger partial charge >= 0.3 is 0 Å². The molecule has 2 aliphatic heterocycles. The first kappa shape index (κ1) is 27.4. The summed E-state index contributed by atoms with van der Waals surface area (Å²) in [6.45, 7) is 4.21. The fourth-order valence-electron chi connectivity index (χ4n) is 5.81. The molecule has 1 unspecified atom stereocenters. The van der Waals surface area contributed by atoms with E-state index in [9.17, 15) is 13.2 Å². The molecular weight excluding hydrogens is 564 g/mol. The van der Waals surface area contributed by atoms with E-state index >= 15 is 0 Å². The van der Waals surface area contributed by atoms with E-state index in [1.807, 2.05) is 25.3 Å². The number of benzene rings is 1. The van der Waals surface area contributed by atoms with Crippen molar-refractivity contribution in [1.82, 2.24) is 29.5 Å². The Hall–Kier alpha value is -3.77. The zero-order valence-electron chi connectivity index (χ0n) is 22.9. The minimum atomic E-state index is -3.59. The topological polar surface area (TPSA) is 126 Å². The molecule has 4 aromatic rings. The van der Waals surface area contributed by atoms with Gasteiger partial charge in [-0.2, -0.15) is 5.10 Å². The lowest BCUT2D eigenvalue weighted by Crippen LogP contribution is -2.39. The van der Waals surface area contributed by atoms with E-state index in [-0.39, 0.29) is 29.1 Å². The first-order valence-electron chi connectivity index (χ1n) is 13.6. The number of nitrogens with zero attached hydrogens (tertiary/aromatic N) is 7. The van der Waals surface area contributed by atoms with Crippen molar-refractivity contribution in [3.05, 3.63) is 76.6 Å². The van der Waals surface area contributed by atoms with Crippen LogP contribution in [0.4, 0.5) is 11.5 Å². The number of aromatic nitrogens is 5. The first-order valence-corrected chi connectivity index (χ1v) is 15.9. The summed E-state index contributed by atoms with van der Waals surface area (Å²) in [5.41, 5.74) is 2.88. The van der Waals surface area contributed by atoms with Crippen molar-refractivity contribution in [1.29, 1.82) is 0 Å². The van der Waals surface area contributed by atoms with Gasteiger partial charge in [0.25, 0.3) is 5.91 Å². The van der Waals surface area contributed by atoms with Crippen molar-refractivity contribution in [2.75, 3.05) is 35.5 Å². The predicted molar refractivity (Wildman–Crippen MR) is 157 cm³/mol. The van der Waals surface area contributed by atoms with Crippen LogP contribution in [0.5, 0.6) is 0 Å². The van der Waals surface area contributed by atoms with E-state index < -0.39 is 10.0 Å². The number of carbonyl (C=O) groups excluding carboxylic acids is 1. The molecule has 0 saturated carbocycles. The zero-order chi connectivity index (χ0) is 28.7. The third-order valence-corrected chi connectivity index (χ3v) is 8.50. The van der Waals surface area contributed by atoms with Gasteiger partial charge in [0.15, 0.2) is 5.65 Å². The molecule has 13 heteroatoms. The molecule has 2 atom stereocenters. The Morgan fingerprint density at radius 2 is 1.90 bits per heavy atom. The molecule has 2 aliphatic rings. The van der Waals surface area contributed by atoms with Crippen LogP contribution in [0, 0.1) is 6.92 Å². The predicted octanol–water partition coefficient (Wildman–Crippen LogP) is 4.21. The average Bonchev–Trinajstić information content (AvgIpc) is 3.60. The van der Waals surface area contributed by atoms with Crippen LogP contribution in [0.3, 0.4) is 0 Å². The van der Waals surface area contributed by atoms with Gasteiger partial charge in [-0.3, -0.25) is 9.52 Å². The lowest BCUT2D eigenvalue weighted by Gasteiger charge is -2.35. The van der Waals surface area contributed by atoms with Crippen LogP contribution in [-0.4, -0.2) is 69.7 Å². The number of halogens is 1. The summed E-state index contributed by atoms with van der Waals surface area (Å²) in [7, 11) is -3.59. The maximum absolute atomic E-state index is 13.9. The molecule has 0 bridgehead atoms. The second-order valence-electron chi connectivity index (χ2n) is 10.7. The van der Waals surface area contributed by atoms with Gasteiger partial charge in [-0.15, -0.1) is 0 Å². The van der Waals surface area contributed by atoms with Gasteiger partial charge in [-0.05, 0) is 56.9 Å². The Balaban J connectivity index is 1.29. The summed E-state index contributed by atoms with van der Waals surface area (Å²) >= 11 is 6.22. The highest BCUT2D eigenvalue weighted by Crippen LogP contribution is 2.35. The molecule has 2 fully saturated rings. The molecule has 0 radical (unpaired) electrons. The van der Waals surface area contributed by atoms with Crippen LogP contribution in [0.15, 0.2) is 48.9 Å². The number of likely N-dealkylation sites (tertiary alicyclic amines) is 1. The number of piperidine rings is 1. The SMILES string of the molecule is Cc1cn2nc([C@@H]3CCCCN3C(=O)c3cc(Cl)ccc3NS(C)(=O)=O)cc2nc1N1CCC(c2ncccn2)C1. The second kappa shape index (κ2) is 10.9. The number of nitrogens with one attached hydrogen (secondary N) is 1. The largest absolute Gasteiger partial charge is 0.356 e. The molecule has 3 aromatic heterocycles. The molecule has 2 saturated heterocycles. The van der Waals surface area contributed by atoms with Crippen LogP contribution in [0.1, 0.15) is 65.1 Å². The van der Waals surface area contributed by atoms with Crippen molar-refractivity contribution in [3.8, 4) is 0 Å². The van der Waals surface area contributed by atoms with Crippen LogP contribution >= 0.6 is 11.6 Å². The van der Waals surface area contributed by atoms with Gasteiger partial charge in [0.2, 0.25) is 10.0 Å². The minimum Gasteiger partial charge on any atom is -0.356 e. The lowest BCUT2D eigenvalue weighted by molar-refractivity contribution is 0.0607. The van der Waals surface area contributed by atoms with E-state index in [2.05, 4.69) is 19.6 Å². The Kier molecular flexibility index (Phi) is 7.28. The van der Waals surface area contributed by atoms with Crippen molar-refractivity contribution in [3.63, 3.8) is 0 Å². The molecule has 214 valence electrons. The smallest absolute Gasteiger partial charge is 0.256 e. The maximum Gasteiger partial charge on any atom is 0.256 e. The standard InChI is InChI=1S/C28H31ClN8O3S/c1-18-16-37-25(32-27(18)35-13-9-19(17-35)26-30-10-5-11-31-26)15-23(33-37)24-6-3-4-12-36(24)28(38)21-14-20(29)7-8-22(21)34-41(2,39)40/h5,7-8,10-11,14-16,19,24,34H,3-4,6,9,12-13,17H2,1-2H3/t19?,24-/m0/s1. The van der Waals surface area contributed by atoms with Crippen LogP contribution in [0.25, 0.3) is 5.65 Å². The maximum atomic E-state index is 13.9. The number of aryl methyl sites for hydroxylation is 1. The van der Waals surface area contributed by atoms with E-state index in [0.29, 0.717) is 17.2 Å². The van der Waals surface area contributed by atoms with Gasteiger partial charge < -0.3 is 9.80 Å². The fraction of sp³-hybridized carbons (Fsp3) is 0.393. The number of rotatable bonds is 6. The summed E-state index contributed by atoms with van der Waals surface area (Å²) in [5, 5.41) is 5.19. The molecular formula is C28H31ClN8O3S. The molecule has 0 aliphatic carbocycles. The number of anilines is 2. The Morgan fingerprint density at radius 1 is 1.10 bits per heavy atom. The molecule has 1 N–H and O–H groups in total. The molecule has 5 heterocycles. The van der Waals surface area contributed by atoms with Gasteiger partial charge in [-0.25, -0.2) is 27.9 Å². The molecule has 41 heavy (non-hydrogen) atoms. The van der Waals surface area contributed by atoms with Crippen LogP contribution in [-0.2, 0) is 10.0 Å². The summed E-state index contributed by atoms with van der Waals surface area (Å²) in [5.74, 6) is 1.73. The summed E-state index contributed by atoms with van der Waals surface area (Å²) in [6, 6.07) is 8.07. The van der Waals surface area contributed by atoms with Gasteiger partial charge in [0.1, 0.15) is 11.6 Å². The molecule has 1 aromatic carbocycles. The zero-order valence-corrected chi connectivity index (χ0v) is 24.4. The van der Waals surface area contributed by atoms with Gasteiger partial charge in [0.05, 0.1) is 29.2 Å². The van der Waals surface area contributed by atoms with E-state index in [1.54, 1.807) is 27.9 Å². The number of fused-ring (bicyclic) bond motifs is 1. The fourth-order valence-corrected chi connectivity index (χ4v) is 6.56. The van der Waals surface area contributed by atoms with Crippen molar-refractivity contribution in [2.24, 2.45) is 0 Å². The molecule has 0 spiro atoms. The summed E-state index contributed by atoms with van der Waals surface area (Å²) in [6.07, 6.45) is 10.1.